The molecule has 32 heavy (non-hydrogen) atoms. The van der Waals surface area contributed by atoms with Crippen molar-refractivity contribution in [2.24, 2.45) is 10.8 Å². The number of amides is 3. The Labute approximate surface area is 193 Å². The van der Waals surface area contributed by atoms with Crippen LogP contribution in [0.25, 0.3) is 0 Å². The molecule has 0 spiro atoms. The van der Waals surface area contributed by atoms with Gasteiger partial charge in [0.15, 0.2) is 0 Å². The fourth-order valence-corrected chi connectivity index (χ4v) is 6.96. The highest BCUT2D eigenvalue weighted by atomic mass is 32.1. The van der Waals surface area contributed by atoms with E-state index in [1.54, 1.807) is 11.3 Å². The molecule has 1 aromatic rings. The Kier molecular flexibility index (Phi) is 5.65. The highest BCUT2D eigenvalue weighted by Gasteiger charge is 2.69. The number of carbonyl (C=O) groups is 3. The molecule has 8 nitrogen and oxygen atoms in total. The molecule has 2 bridgehead atoms. The van der Waals surface area contributed by atoms with Gasteiger partial charge >= 0.3 is 0 Å². The summed E-state index contributed by atoms with van der Waals surface area (Å²) in [7, 11) is 0. The normalized spacial score (nSPS) is 32.0. The maximum atomic E-state index is 13.3. The standard InChI is InChI=1S/C23H34N4O4S/c1-13-18(32-12-25-13)23-8-22(9-23,10-23)11-24-19(30)16-6-15(29)7-27(16)20(31)17(21(3,4)5)26-14(2)28/h12,15-17,29H,6-11H2,1-5H3,(H,24,30)(H,26,28)/t15-,16+,17-,22?,23?/m1/s1. The second-order valence-corrected chi connectivity index (χ2v) is 12.0. The SMILES string of the molecule is CC(=O)N[C@H](C(=O)N1C[C@H](O)C[C@H]1C(=O)NCC12CC(c3scnc3C)(C1)C2)C(C)(C)C. The number of aliphatic hydroxyl groups excluding tert-OH is 1. The highest BCUT2D eigenvalue weighted by molar-refractivity contribution is 7.10. The van der Waals surface area contributed by atoms with Crippen LogP contribution in [0.1, 0.15) is 63.9 Å². The number of likely N-dealkylation sites (tertiary alicyclic amines) is 1. The van der Waals surface area contributed by atoms with E-state index in [4.69, 9.17) is 0 Å². The maximum absolute atomic E-state index is 13.3. The summed E-state index contributed by atoms with van der Waals surface area (Å²) in [4.78, 5) is 45.2. The molecule has 3 N–H and O–H groups in total. The van der Waals surface area contributed by atoms with Crippen LogP contribution in [0.15, 0.2) is 5.51 Å². The zero-order valence-corrected chi connectivity index (χ0v) is 20.3. The van der Waals surface area contributed by atoms with Gasteiger partial charge in [-0.3, -0.25) is 14.4 Å². The molecule has 0 aromatic carbocycles. The molecule has 0 unspecified atom stereocenters. The monoisotopic (exact) mass is 462 g/mol. The van der Waals surface area contributed by atoms with Gasteiger partial charge in [-0.05, 0) is 37.0 Å². The molecule has 3 atom stereocenters. The van der Waals surface area contributed by atoms with Crippen molar-refractivity contribution in [1.82, 2.24) is 20.5 Å². The van der Waals surface area contributed by atoms with E-state index in [9.17, 15) is 19.5 Å². The van der Waals surface area contributed by atoms with E-state index in [1.165, 1.54) is 16.7 Å². The fraction of sp³-hybridized carbons (Fsp3) is 0.739. The number of carbonyl (C=O) groups excluding carboxylic acids is 3. The predicted octanol–water partition coefficient (Wildman–Crippen LogP) is 1.50. The van der Waals surface area contributed by atoms with Crippen LogP contribution in [0.5, 0.6) is 0 Å². The fourth-order valence-electron chi connectivity index (χ4n) is 5.95. The molecule has 5 rings (SSSR count). The lowest BCUT2D eigenvalue weighted by atomic mass is 9.34. The lowest BCUT2D eigenvalue weighted by Gasteiger charge is -2.70. The van der Waals surface area contributed by atoms with Crippen molar-refractivity contribution in [3.63, 3.8) is 0 Å². The van der Waals surface area contributed by atoms with Crippen LogP contribution in [-0.4, -0.2) is 64.0 Å². The molecule has 2 heterocycles. The first-order valence-electron chi connectivity index (χ1n) is 11.3. The summed E-state index contributed by atoms with van der Waals surface area (Å²) >= 11 is 1.73. The molecule has 1 saturated heterocycles. The minimum Gasteiger partial charge on any atom is -0.391 e. The second kappa shape index (κ2) is 7.80. The summed E-state index contributed by atoms with van der Waals surface area (Å²) in [6.45, 7) is 9.74. The van der Waals surface area contributed by atoms with Crippen LogP contribution in [0.2, 0.25) is 0 Å². The van der Waals surface area contributed by atoms with Crippen molar-refractivity contribution >= 4 is 29.1 Å². The molecule has 0 radical (unpaired) electrons. The van der Waals surface area contributed by atoms with Gasteiger partial charge in [-0.25, -0.2) is 4.98 Å². The summed E-state index contributed by atoms with van der Waals surface area (Å²) < 4.78 is 0. The Balaban J connectivity index is 1.37. The number of hydrogen-bond donors (Lipinski definition) is 3. The van der Waals surface area contributed by atoms with E-state index in [-0.39, 0.29) is 41.5 Å². The zero-order chi connectivity index (χ0) is 23.5. The zero-order valence-electron chi connectivity index (χ0n) is 19.5. The molecule has 3 saturated carbocycles. The number of nitrogens with zero attached hydrogens (tertiary/aromatic N) is 2. The van der Waals surface area contributed by atoms with Crippen LogP contribution >= 0.6 is 11.3 Å². The number of thiazole rings is 1. The lowest BCUT2D eigenvalue weighted by Crippen LogP contribution is -2.68. The van der Waals surface area contributed by atoms with Crippen LogP contribution in [0.4, 0.5) is 0 Å². The van der Waals surface area contributed by atoms with E-state index in [1.807, 2.05) is 26.3 Å². The van der Waals surface area contributed by atoms with Crippen LogP contribution in [0.3, 0.4) is 0 Å². The molecule has 9 heteroatoms. The average molecular weight is 463 g/mol. The lowest BCUT2D eigenvalue weighted by molar-refractivity contribution is -0.149. The molecule has 3 aliphatic carbocycles. The third kappa shape index (κ3) is 3.94. The molecule has 176 valence electrons. The van der Waals surface area contributed by atoms with Crippen molar-refractivity contribution in [2.75, 3.05) is 13.1 Å². The Morgan fingerprint density at radius 3 is 2.50 bits per heavy atom. The van der Waals surface area contributed by atoms with Gasteiger partial charge in [-0.15, -0.1) is 11.3 Å². The number of aliphatic hydroxyl groups is 1. The Morgan fingerprint density at radius 1 is 1.31 bits per heavy atom. The van der Waals surface area contributed by atoms with Gasteiger partial charge in [0.25, 0.3) is 0 Å². The number of hydrogen-bond acceptors (Lipinski definition) is 6. The summed E-state index contributed by atoms with van der Waals surface area (Å²) in [5, 5.41) is 16.0. The minimum atomic E-state index is -0.763. The van der Waals surface area contributed by atoms with Gasteiger partial charge in [0.1, 0.15) is 12.1 Å². The third-order valence-electron chi connectivity index (χ3n) is 7.33. The average Bonchev–Trinajstić information content (AvgIpc) is 3.22. The first kappa shape index (κ1) is 23.2. The van der Waals surface area contributed by atoms with Crippen molar-refractivity contribution in [3.05, 3.63) is 16.1 Å². The number of aromatic nitrogens is 1. The van der Waals surface area contributed by atoms with Gasteiger partial charge in [-0.1, -0.05) is 20.8 Å². The van der Waals surface area contributed by atoms with E-state index in [0.717, 1.165) is 25.0 Å². The summed E-state index contributed by atoms with van der Waals surface area (Å²) in [5.74, 6) is -0.847. The first-order chi connectivity index (χ1) is 14.9. The number of nitrogens with one attached hydrogen (secondary N) is 2. The van der Waals surface area contributed by atoms with E-state index < -0.39 is 23.6 Å². The Hall–Kier alpha value is -2.00. The van der Waals surface area contributed by atoms with E-state index >= 15 is 0 Å². The molecule has 3 amide bonds. The van der Waals surface area contributed by atoms with Crippen molar-refractivity contribution in [3.8, 4) is 0 Å². The second-order valence-electron chi connectivity index (χ2n) is 11.2. The summed E-state index contributed by atoms with van der Waals surface area (Å²) in [5.41, 5.74) is 2.89. The van der Waals surface area contributed by atoms with Crippen molar-refractivity contribution in [2.45, 2.75) is 83.9 Å². The number of aryl methyl sites for hydroxylation is 1. The number of β-amino-alcohol motifs (C(OH)–C–C–N with tert-alkyl or cyclic N) is 1. The Morgan fingerprint density at radius 2 is 1.97 bits per heavy atom. The minimum absolute atomic E-state index is 0.0992. The third-order valence-corrected chi connectivity index (χ3v) is 8.51. The van der Waals surface area contributed by atoms with Gasteiger partial charge < -0.3 is 20.6 Å². The van der Waals surface area contributed by atoms with Crippen LogP contribution in [-0.2, 0) is 19.8 Å². The largest absolute Gasteiger partial charge is 0.391 e. The smallest absolute Gasteiger partial charge is 0.246 e. The maximum Gasteiger partial charge on any atom is 0.246 e. The molecule has 4 fully saturated rings. The molecular weight excluding hydrogens is 428 g/mol. The van der Waals surface area contributed by atoms with Crippen molar-refractivity contribution in [1.29, 1.82) is 0 Å². The highest BCUT2D eigenvalue weighted by Crippen LogP contribution is 2.74. The van der Waals surface area contributed by atoms with Crippen LogP contribution < -0.4 is 10.6 Å². The molecule has 1 aromatic heterocycles. The van der Waals surface area contributed by atoms with Crippen molar-refractivity contribution < 1.29 is 19.5 Å². The quantitative estimate of drug-likeness (QED) is 0.593. The van der Waals surface area contributed by atoms with Gasteiger partial charge in [-0.2, -0.15) is 0 Å². The van der Waals surface area contributed by atoms with E-state index in [0.29, 0.717) is 6.54 Å². The molecule has 4 aliphatic rings. The van der Waals surface area contributed by atoms with Gasteiger partial charge in [0.05, 0.1) is 17.3 Å². The topological polar surface area (TPSA) is 112 Å². The first-order valence-corrected chi connectivity index (χ1v) is 12.2. The van der Waals surface area contributed by atoms with E-state index in [2.05, 4.69) is 22.5 Å². The summed E-state index contributed by atoms with van der Waals surface area (Å²) in [6.07, 6.45) is 2.65. The molecular formula is C23H34N4O4S. The Bertz CT molecular complexity index is 917. The predicted molar refractivity (Wildman–Crippen MR) is 121 cm³/mol. The van der Waals surface area contributed by atoms with Crippen LogP contribution in [0, 0.1) is 17.8 Å². The van der Waals surface area contributed by atoms with Gasteiger partial charge in [0.2, 0.25) is 17.7 Å². The number of rotatable bonds is 6. The van der Waals surface area contributed by atoms with Gasteiger partial charge in [0, 0.05) is 36.7 Å². The molecule has 1 aliphatic heterocycles. The summed E-state index contributed by atoms with van der Waals surface area (Å²) in [6, 6.07) is -1.48.